The van der Waals surface area contributed by atoms with Crippen LogP contribution >= 0.6 is 11.6 Å². The minimum Gasteiger partial charge on any atom is -0.366 e. The van der Waals surface area contributed by atoms with Crippen molar-refractivity contribution in [2.24, 2.45) is 0 Å². The Morgan fingerprint density at radius 2 is 1.92 bits per heavy atom. The van der Waals surface area contributed by atoms with Gasteiger partial charge >= 0.3 is 0 Å². The van der Waals surface area contributed by atoms with Gasteiger partial charge in [0.2, 0.25) is 15.5 Å². The molecule has 0 radical (unpaired) electrons. The van der Waals surface area contributed by atoms with Gasteiger partial charge in [0, 0.05) is 37.1 Å². The van der Waals surface area contributed by atoms with Gasteiger partial charge in [-0.3, -0.25) is 9.59 Å². The van der Waals surface area contributed by atoms with Crippen molar-refractivity contribution >= 4 is 33.2 Å². The summed E-state index contributed by atoms with van der Waals surface area (Å²) < 4.78 is 26.6. The van der Waals surface area contributed by atoms with Crippen molar-refractivity contribution in [3.05, 3.63) is 57.5 Å². The SMILES string of the molecule is CCN(CC)S(=O)(=O)c1cc(C(=O)Nc2c[nH]ccc2=O)ccc1Cl. The third-order valence-corrected chi connectivity index (χ3v) is 6.12. The Morgan fingerprint density at radius 1 is 1.24 bits per heavy atom. The number of anilines is 1. The molecule has 0 fully saturated rings. The van der Waals surface area contributed by atoms with Crippen LogP contribution in [0.5, 0.6) is 0 Å². The lowest BCUT2D eigenvalue weighted by Crippen LogP contribution is -2.31. The van der Waals surface area contributed by atoms with Crippen molar-refractivity contribution < 1.29 is 13.2 Å². The first-order valence-electron chi connectivity index (χ1n) is 7.59. The lowest BCUT2D eigenvalue weighted by atomic mass is 10.2. The molecule has 2 rings (SSSR count). The van der Waals surface area contributed by atoms with E-state index in [0.29, 0.717) is 0 Å². The Balaban J connectivity index is 2.40. The summed E-state index contributed by atoms with van der Waals surface area (Å²) in [6, 6.07) is 5.23. The number of pyridine rings is 1. The summed E-state index contributed by atoms with van der Waals surface area (Å²) in [5.74, 6) is -0.607. The van der Waals surface area contributed by atoms with E-state index in [4.69, 9.17) is 11.6 Å². The zero-order valence-corrected chi connectivity index (χ0v) is 15.3. The fourth-order valence-electron chi connectivity index (χ4n) is 2.25. The topological polar surface area (TPSA) is 99.3 Å². The van der Waals surface area contributed by atoms with Gasteiger partial charge in [0.1, 0.15) is 10.6 Å². The normalized spacial score (nSPS) is 11.5. The number of aromatic amines is 1. The maximum Gasteiger partial charge on any atom is 0.255 e. The van der Waals surface area contributed by atoms with Gasteiger partial charge in [-0.1, -0.05) is 25.4 Å². The van der Waals surface area contributed by atoms with E-state index in [1.165, 1.54) is 41.0 Å². The van der Waals surface area contributed by atoms with E-state index in [1.54, 1.807) is 13.8 Å². The molecule has 0 bridgehead atoms. The molecule has 0 spiro atoms. The molecule has 1 heterocycles. The predicted molar refractivity (Wildman–Crippen MR) is 96.6 cm³/mol. The lowest BCUT2D eigenvalue weighted by Gasteiger charge is -2.19. The first kappa shape index (κ1) is 19.2. The second kappa shape index (κ2) is 7.81. The van der Waals surface area contributed by atoms with E-state index in [9.17, 15) is 18.0 Å². The fraction of sp³-hybridized carbons (Fsp3) is 0.250. The molecule has 1 aromatic carbocycles. The number of hydrogen-bond acceptors (Lipinski definition) is 4. The fourth-order valence-corrected chi connectivity index (χ4v) is 4.21. The minimum atomic E-state index is -3.82. The molecule has 1 amide bonds. The molecule has 0 unspecified atom stereocenters. The standard InChI is InChI=1S/C16H18ClN3O4S/c1-3-20(4-2)25(23,24)15-9-11(5-6-12(15)17)16(22)19-13-10-18-8-7-14(13)21/h5-10H,3-4H2,1-2H3,(H,18,21)(H,19,22). The Labute approximate surface area is 150 Å². The number of nitrogens with one attached hydrogen (secondary N) is 2. The minimum absolute atomic E-state index is 0.0287. The van der Waals surface area contributed by atoms with Crippen molar-refractivity contribution in [2.45, 2.75) is 18.7 Å². The van der Waals surface area contributed by atoms with Gasteiger partial charge in [-0.05, 0) is 18.2 Å². The quantitative estimate of drug-likeness (QED) is 0.799. The number of nitrogens with zero attached hydrogens (tertiary/aromatic N) is 1. The van der Waals surface area contributed by atoms with Crippen molar-refractivity contribution in [3.63, 3.8) is 0 Å². The average molecular weight is 384 g/mol. The largest absolute Gasteiger partial charge is 0.366 e. The number of rotatable bonds is 6. The first-order valence-corrected chi connectivity index (χ1v) is 9.41. The van der Waals surface area contributed by atoms with Gasteiger partial charge in [-0.2, -0.15) is 4.31 Å². The molecular formula is C16H18ClN3O4S. The molecule has 0 saturated heterocycles. The molecule has 0 aliphatic heterocycles. The molecule has 1 aromatic heterocycles. The predicted octanol–water partition coefficient (Wildman–Crippen LogP) is 2.31. The molecule has 7 nitrogen and oxygen atoms in total. The van der Waals surface area contributed by atoms with E-state index in [2.05, 4.69) is 10.3 Å². The summed E-state index contributed by atoms with van der Waals surface area (Å²) in [6.45, 7) is 4.00. The van der Waals surface area contributed by atoms with Crippen molar-refractivity contribution in [3.8, 4) is 0 Å². The van der Waals surface area contributed by atoms with Gasteiger partial charge in [0.25, 0.3) is 5.91 Å². The highest BCUT2D eigenvalue weighted by Crippen LogP contribution is 2.26. The van der Waals surface area contributed by atoms with E-state index < -0.39 is 15.9 Å². The summed E-state index contributed by atoms with van der Waals surface area (Å²) in [7, 11) is -3.82. The zero-order valence-electron chi connectivity index (χ0n) is 13.7. The number of hydrogen-bond donors (Lipinski definition) is 2. The average Bonchev–Trinajstić information content (AvgIpc) is 2.58. The second-order valence-corrected chi connectivity index (χ2v) is 7.42. The second-order valence-electron chi connectivity index (χ2n) is 5.11. The monoisotopic (exact) mass is 383 g/mol. The number of sulfonamides is 1. The third kappa shape index (κ3) is 4.09. The van der Waals surface area contributed by atoms with Crippen LogP contribution in [0.15, 0.2) is 46.3 Å². The summed E-state index contributed by atoms with van der Waals surface area (Å²) in [5.41, 5.74) is -0.217. The number of H-pyrrole nitrogens is 1. The zero-order chi connectivity index (χ0) is 18.6. The van der Waals surface area contributed by atoms with Gasteiger partial charge in [-0.15, -0.1) is 0 Å². The smallest absolute Gasteiger partial charge is 0.255 e. The van der Waals surface area contributed by atoms with Crippen LogP contribution in [0.2, 0.25) is 5.02 Å². The van der Waals surface area contributed by atoms with Crippen LogP contribution in [0.25, 0.3) is 0 Å². The Bertz CT molecular complexity index is 936. The van der Waals surface area contributed by atoms with Crippen LogP contribution < -0.4 is 10.7 Å². The number of carbonyl (C=O) groups excluding carboxylic acids is 1. The molecule has 25 heavy (non-hydrogen) atoms. The highest BCUT2D eigenvalue weighted by atomic mass is 35.5. The molecule has 0 atom stereocenters. The molecule has 0 aliphatic carbocycles. The van der Waals surface area contributed by atoms with Gasteiger partial charge in [-0.25, -0.2) is 8.42 Å². The summed E-state index contributed by atoms with van der Waals surface area (Å²) in [4.78, 5) is 26.6. The first-order chi connectivity index (χ1) is 11.8. The van der Waals surface area contributed by atoms with Gasteiger partial charge in [0.05, 0.1) is 5.02 Å². The summed E-state index contributed by atoms with van der Waals surface area (Å²) in [6.07, 6.45) is 2.79. The van der Waals surface area contributed by atoms with Gasteiger partial charge < -0.3 is 10.3 Å². The van der Waals surface area contributed by atoms with Crippen LogP contribution in [0.1, 0.15) is 24.2 Å². The van der Waals surface area contributed by atoms with Crippen LogP contribution in [0.4, 0.5) is 5.69 Å². The van der Waals surface area contributed by atoms with Crippen LogP contribution in [-0.4, -0.2) is 36.7 Å². The van der Waals surface area contributed by atoms with Crippen molar-refractivity contribution in [2.75, 3.05) is 18.4 Å². The van der Waals surface area contributed by atoms with E-state index >= 15 is 0 Å². The van der Waals surface area contributed by atoms with Crippen molar-refractivity contribution in [1.29, 1.82) is 0 Å². The van der Waals surface area contributed by atoms with Crippen LogP contribution in [0.3, 0.4) is 0 Å². The van der Waals surface area contributed by atoms with Crippen LogP contribution in [0, 0.1) is 0 Å². The Kier molecular flexibility index (Phi) is 5.99. The summed E-state index contributed by atoms with van der Waals surface area (Å²) >= 11 is 6.04. The molecular weight excluding hydrogens is 366 g/mol. The number of aromatic nitrogens is 1. The summed E-state index contributed by atoms with van der Waals surface area (Å²) in [5, 5.41) is 2.48. The maximum absolute atomic E-state index is 12.7. The number of benzene rings is 1. The molecule has 2 N–H and O–H groups in total. The molecule has 9 heteroatoms. The van der Waals surface area contributed by atoms with Crippen LogP contribution in [-0.2, 0) is 10.0 Å². The number of amides is 1. The number of halogens is 1. The molecule has 0 saturated carbocycles. The maximum atomic E-state index is 12.7. The molecule has 0 aliphatic rings. The molecule has 134 valence electrons. The number of carbonyl (C=O) groups is 1. The lowest BCUT2D eigenvalue weighted by molar-refractivity contribution is 0.102. The van der Waals surface area contributed by atoms with Gasteiger partial charge in [0.15, 0.2) is 0 Å². The van der Waals surface area contributed by atoms with Crippen molar-refractivity contribution in [1.82, 2.24) is 9.29 Å². The van der Waals surface area contributed by atoms with E-state index in [-0.39, 0.29) is 39.7 Å². The highest BCUT2D eigenvalue weighted by Gasteiger charge is 2.25. The van der Waals surface area contributed by atoms with E-state index in [0.717, 1.165) is 0 Å². The highest BCUT2D eigenvalue weighted by molar-refractivity contribution is 7.89. The molecule has 2 aromatic rings. The van der Waals surface area contributed by atoms with E-state index in [1.807, 2.05) is 0 Å². The third-order valence-electron chi connectivity index (χ3n) is 3.59. The Hall–Kier alpha value is -2.16. The Morgan fingerprint density at radius 3 is 2.52 bits per heavy atom.